The number of hydrogen-bond donors (Lipinski definition) is 0. The predicted octanol–water partition coefficient (Wildman–Crippen LogP) is 3.66. The fourth-order valence-electron chi connectivity index (χ4n) is 2.62. The quantitative estimate of drug-likeness (QED) is 0.373. The van der Waals surface area contributed by atoms with E-state index in [9.17, 15) is 21.6 Å². The third-order valence-corrected chi connectivity index (χ3v) is 6.88. The Labute approximate surface area is 181 Å². The molecular weight excluding hydrogens is 440 g/mol. The summed E-state index contributed by atoms with van der Waals surface area (Å²) in [6, 6.07) is 17.7. The number of rotatable bonds is 8. The lowest BCUT2D eigenvalue weighted by atomic mass is 10.1. The summed E-state index contributed by atoms with van der Waals surface area (Å²) in [5.41, 5.74) is 1.63. The van der Waals surface area contributed by atoms with E-state index >= 15 is 0 Å². The number of ketones is 1. The first-order valence-electron chi connectivity index (χ1n) is 9.18. The fraction of sp³-hybridized carbons (Fsp3) is 0.136. The van der Waals surface area contributed by atoms with Crippen molar-refractivity contribution in [2.24, 2.45) is 0 Å². The molecule has 0 saturated heterocycles. The molecule has 0 aromatic heterocycles. The molecule has 0 radical (unpaired) electrons. The van der Waals surface area contributed by atoms with E-state index in [-0.39, 0.29) is 21.1 Å². The molecule has 0 aliphatic rings. The molecule has 0 fully saturated rings. The zero-order valence-electron chi connectivity index (χ0n) is 16.8. The largest absolute Gasteiger partial charge is 0.378 e. The topological polar surface area (TPSA) is 104 Å². The second-order valence-electron chi connectivity index (χ2n) is 6.80. The Bertz CT molecular complexity index is 1290. The smallest absolute Gasteiger partial charge is 0.339 e. The Morgan fingerprint density at radius 2 is 1.19 bits per heavy atom. The van der Waals surface area contributed by atoms with E-state index in [1.165, 1.54) is 48.5 Å². The highest BCUT2D eigenvalue weighted by Gasteiger charge is 2.23. The lowest BCUT2D eigenvalue weighted by Gasteiger charge is -2.11. The molecule has 7 nitrogen and oxygen atoms in total. The molecule has 0 N–H and O–H groups in total. The first-order valence-corrected chi connectivity index (χ1v) is 12.0. The van der Waals surface area contributed by atoms with Gasteiger partial charge >= 0.3 is 10.1 Å². The van der Waals surface area contributed by atoms with Crippen molar-refractivity contribution in [3.05, 3.63) is 89.5 Å². The van der Waals surface area contributed by atoms with Gasteiger partial charge in [-0.15, -0.1) is 0 Å². The summed E-state index contributed by atoms with van der Waals surface area (Å²) in [7, 11) is -8.34. The van der Waals surface area contributed by atoms with Crippen LogP contribution in [0.4, 0.5) is 0 Å². The average Bonchev–Trinajstić information content (AvgIpc) is 2.73. The molecule has 0 atom stereocenters. The number of para-hydroxylation sites is 1. The summed E-state index contributed by atoms with van der Waals surface area (Å²) in [6.07, 6.45) is 0. The third-order valence-electron chi connectivity index (χ3n) is 4.35. The van der Waals surface area contributed by atoms with E-state index in [4.69, 9.17) is 8.37 Å². The zero-order chi connectivity index (χ0) is 22.6. The standard InChI is InChI=1S/C22H20O7S2/c1-16-7-11-18(12-8-16)30(24,25)28-15-21(23)20-5-3-4-6-22(20)29-31(26,27)19-13-9-17(2)10-14-19/h3-14H,15H2,1-2H3. The van der Waals surface area contributed by atoms with E-state index in [1.54, 1.807) is 24.3 Å². The van der Waals surface area contributed by atoms with Crippen molar-refractivity contribution in [1.29, 1.82) is 0 Å². The monoisotopic (exact) mass is 460 g/mol. The van der Waals surface area contributed by atoms with Crippen LogP contribution < -0.4 is 4.18 Å². The minimum absolute atomic E-state index is 0.0708. The highest BCUT2D eigenvalue weighted by atomic mass is 32.2. The molecule has 0 aliphatic carbocycles. The summed E-state index contributed by atoms with van der Waals surface area (Å²) in [6.45, 7) is 2.82. The molecule has 9 heteroatoms. The van der Waals surface area contributed by atoms with E-state index in [2.05, 4.69) is 0 Å². The fourth-order valence-corrected chi connectivity index (χ4v) is 4.44. The number of benzene rings is 3. The average molecular weight is 461 g/mol. The van der Waals surface area contributed by atoms with Crippen molar-refractivity contribution in [3.63, 3.8) is 0 Å². The highest BCUT2D eigenvalue weighted by molar-refractivity contribution is 7.87. The summed E-state index contributed by atoms with van der Waals surface area (Å²) in [5.74, 6) is -0.963. The van der Waals surface area contributed by atoms with Crippen LogP contribution in [0, 0.1) is 13.8 Å². The summed E-state index contributed by atoms with van der Waals surface area (Å²) >= 11 is 0. The van der Waals surface area contributed by atoms with Crippen LogP contribution in [0.3, 0.4) is 0 Å². The molecule has 0 amide bonds. The molecule has 162 valence electrons. The second-order valence-corrected chi connectivity index (χ2v) is 9.96. The Balaban J connectivity index is 1.78. The summed E-state index contributed by atoms with van der Waals surface area (Å²) < 4.78 is 59.7. The van der Waals surface area contributed by atoms with E-state index in [0.717, 1.165) is 11.1 Å². The van der Waals surface area contributed by atoms with Crippen LogP contribution in [0.5, 0.6) is 5.75 Å². The SMILES string of the molecule is Cc1ccc(S(=O)(=O)OCC(=O)c2ccccc2OS(=O)(=O)c2ccc(C)cc2)cc1. The van der Waals surface area contributed by atoms with Gasteiger partial charge in [-0.2, -0.15) is 16.8 Å². The van der Waals surface area contributed by atoms with Crippen molar-refractivity contribution < 1.29 is 30.0 Å². The first kappa shape index (κ1) is 22.7. The molecule has 31 heavy (non-hydrogen) atoms. The van der Waals surface area contributed by atoms with Gasteiger partial charge in [0.2, 0.25) is 0 Å². The van der Waals surface area contributed by atoms with Crippen LogP contribution in [0.25, 0.3) is 0 Å². The first-order chi connectivity index (χ1) is 14.6. The lowest BCUT2D eigenvalue weighted by Crippen LogP contribution is -2.17. The van der Waals surface area contributed by atoms with Gasteiger partial charge in [0.25, 0.3) is 10.1 Å². The molecule has 0 aliphatic heterocycles. The number of hydrogen-bond acceptors (Lipinski definition) is 7. The van der Waals surface area contributed by atoms with Gasteiger partial charge in [0, 0.05) is 0 Å². The molecule has 0 saturated carbocycles. The van der Waals surface area contributed by atoms with Crippen molar-refractivity contribution in [2.75, 3.05) is 6.61 Å². The Kier molecular flexibility index (Phi) is 6.59. The number of carbonyl (C=O) groups is 1. The summed E-state index contributed by atoms with van der Waals surface area (Å²) in [4.78, 5) is 12.4. The maximum Gasteiger partial charge on any atom is 0.339 e. The molecule has 3 aromatic carbocycles. The zero-order valence-corrected chi connectivity index (χ0v) is 18.4. The second kappa shape index (κ2) is 9.01. The Morgan fingerprint density at radius 3 is 1.74 bits per heavy atom. The molecule has 0 heterocycles. The maximum atomic E-state index is 12.6. The van der Waals surface area contributed by atoms with Gasteiger partial charge in [-0.1, -0.05) is 47.5 Å². The molecular formula is C22H20O7S2. The van der Waals surface area contributed by atoms with Crippen LogP contribution in [0.2, 0.25) is 0 Å². The van der Waals surface area contributed by atoms with Gasteiger partial charge in [-0.05, 0) is 50.2 Å². The van der Waals surface area contributed by atoms with Gasteiger partial charge in [0.15, 0.2) is 11.5 Å². The van der Waals surface area contributed by atoms with Gasteiger partial charge < -0.3 is 4.18 Å². The third kappa shape index (κ3) is 5.57. The van der Waals surface area contributed by atoms with Crippen LogP contribution in [-0.2, 0) is 24.4 Å². The lowest BCUT2D eigenvalue weighted by molar-refractivity contribution is 0.0923. The normalized spacial score (nSPS) is 11.8. The maximum absolute atomic E-state index is 12.6. The van der Waals surface area contributed by atoms with Gasteiger partial charge in [-0.3, -0.25) is 8.98 Å². The molecule has 0 bridgehead atoms. The number of aryl methyl sites for hydroxylation is 2. The summed E-state index contributed by atoms with van der Waals surface area (Å²) in [5, 5.41) is 0. The minimum atomic E-state index is -4.19. The van der Waals surface area contributed by atoms with Gasteiger partial charge in [0.1, 0.15) is 11.5 Å². The van der Waals surface area contributed by atoms with Gasteiger partial charge in [-0.25, -0.2) is 0 Å². The van der Waals surface area contributed by atoms with Crippen LogP contribution in [0.1, 0.15) is 21.5 Å². The molecule has 3 aromatic rings. The predicted molar refractivity (Wildman–Crippen MR) is 114 cm³/mol. The number of carbonyl (C=O) groups excluding carboxylic acids is 1. The van der Waals surface area contributed by atoms with E-state index in [1.807, 2.05) is 13.8 Å². The van der Waals surface area contributed by atoms with Crippen LogP contribution in [0.15, 0.2) is 82.6 Å². The highest BCUT2D eigenvalue weighted by Crippen LogP contribution is 2.24. The molecule has 3 rings (SSSR count). The Morgan fingerprint density at radius 1 is 0.710 bits per heavy atom. The van der Waals surface area contributed by atoms with Crippen LogP contribution >= 0.6 is 0 Å². The number of Topliss-reactive ketones (excluding diaryl/α,β-unsaturated/α-hetero) is 1. The van der Waals surface area contributed by atoms with Crippen molar-refractivity contribution in [3.8, 4) is 5.75 Å². The van der Waals surface area contributed by atoms with Crippen LogP contribution in [-0.4, -0.2) is 29.2 Å². The Hall–Kier alpha value is -3.01. The van der Waals surface area contributed by atoms with Crippen molar-refractivity contribution >= 4 is 26.0 Å². The van der Waals surface area contributed by atoms with Crippen molar-refractivity contribution in [2.45, 2.75) is 23.6 Å². The minimum Gasteiger partial charge on any atom is -0.378 e. The van der Waals surface area contributed by atoms with Crippen molar-refractivity contribution in [1.82, 2.24) is 0 Å². The van der Waals surface area contributed by atoms with E-state index in [0.29, 0.717) is 0 Å². The molecule has 0 spiro atoms. The van der Waals surface area contributed by atoms with Gasteiger partial charge in [0.05, 0.1) is 10.5 Å². The molecule has 0 unspecified atom stereocenters. The van der Waals surface area contributed by atoms with E-state index < -0.39 is 32.6 Å².